The molecule has 0 amide bonds. The first-order chi connectivity index (χ1) is 3.56. The van der Waals surface area contributed by atoms with Crippen molar-refractivity contribution in [1.82, 2.24) is 0 Å². The molecule has 0 N–H and O–H groups in total. The lowest BCUT2D eigenvalue weighted by Gasteiger charge is -2.23. The number of quaternary nitrogens is 1. The summed E-state index contributed by atoms with van der Waals surface area (Å²) in [5.74, 6) is 0. The van der Waals surface area contributed by atoms with Crippen LogP contribution in [0.25, 0.3) is 0 Å². The Morgan fingerprint density at radius 2 is 1.67 bits per heavy atom. The third-order valence-corrected chi connectivity index (χ3v) is 1.89. The van der Waals surface area contributed by atoms with Gasteiger partial charge >= 0.3 is 0 Å². The molecule has 0 aliphatic carbocycles. The van der Waals surface area contributed by atoms with E-state index in [4.69, 9.17) is 0 Å². The van der Waals surface area contributed by atoms with E-state index < -0.39 is 0 Å². The average Bonchev–Trinajstić information content (AvgIpc) is 1.59. The first-order valence-electron chi connectivity index (χ1n) is 3.36. The second-order valence-electron chi connectivity index (χ2n) is 3.37. The molecule has 0 fully saturated rings. The molecule has 0 aliphatic heterocycles. The van der Waals surface area contributed by atoms with Crippen molar-refractivity contribution >= 4 is 10.2 Å². The first-order valence-corrected chi connectivity index (χ1v) is 4.78. The van der Waals surface area contributed by atoms with Crippen LogP contribution in [-0.2, 0) is 0 Å². The van der Waals surface area contributed by atoms with Crippen molar-refractivity contribution in [2.45, 2.75) is 12.5 Å². The minimum atomic E-state index is 0. The van der Waals surface area contributed by atoms with E-state index in [1.807, 2.05) is 0 Å². The molecule has 0 aliphatic rings. The standard InChI is InChI=1S/C6H18NSi.ClH/c1-7(2,3)5-4-6-8;/h4-6H2,1-3,8H3;1H/q+1;/p-1. The van der Waals surface area contributed by atoms with Crippen LogP contribution in [0, 0.1) is 0 Å². The molecule has 0 atom stereocenters. The van der Waals surface area contributed by atoms with Gasteiger partial charge in [-0.1, -0.05) is 6.04 Å². The predicted molar refractivity (Wildman–Crippen MR) is 42.3 cm³/mol. The van der Waals surface area contributed by atoms with E-state index in [1.165, 1.54) is 29.3 Å². The fourth-order valence-electron chi connectivity index (χ4n) is 0.632. The summed E-state index contributed by atoms with van der Waals surface area (Å²) in [6.07, 6.45) is 1.41. The van der Waals surface area contributed by atoms with E-state index in [1.54, 1.807) is 0 Å². The molecule has 58 valence electrons. The van der Waals surface area contributed by atoms with Crippen LogP contribution >= 0.6 is 0 Å². The van der Waals surface area contributed by atoms with Gasteiger partial charge in [-0.25, -0.2) is 0 Å². The lowest BCUT2D eigenvalue weighted by molar-refractivity contribution is -0.870. The monoisotopic (exact) mass is 167 g/mol. The lowest BCUT2D eigenvalue weighted by Crippen LogP contribution is -3.00. The van der Waals surface area contributed by atoms with E-state index in [2.05, 4.69) is 21.1 Å². The molecule has 0 aromatic heterocycles. The zero-order chi connectivity index (χ0) is 6.62. The smallest absolute Gasteiger partial charge is 0.0777 e. The SMILES string of the molecule is C[N+](C)(C)CCC[SiH3].[Cl-]. The maximum atomic E-state index is 2.25. The minimum Gasteiger partial charge on any atom is -1.00 e. The molecular weight excluding hydrogens is 150 g/mol. The molecule has 0 rings (SSSR count). The summed E-state index contributed by atoms with van der Waals surface area (Å²) >= 11 is 0. The highest BCUT2D eigenvalue weighted by Crippen LogP contribution is 1.94. The van der Waals surface area contributed by atoms with Crippen molar-refractivity contribution in [2.24, 2.45) is 0 Å². The van der Waals surface area contributed by atoms with Crippen molar-refractivity contribution in [3.05, 3.63) is 0 Å². The topological polar surface area (TPSA) is 0 Å². The average molecular weight is 168 g/mol. The predicted octanol–water partition coefficient (Wildman–Crippen LogP) is -3.13. The van der Waals surface area contributed by atoms with Crippen LogP contribution in [0.4, 0.5) is 0 Å². The van der Waals surface area contributed by atoms with Gasteiger partial charge in [-0.05, 0) is 6.42 Å². The summed E-state index contributed by atoms with van der Waals surface area (Å²) in [6.45, 7) is 1.34. The molecule has 0 bridgehead atoms. The Labute approximate surface area is 67.9 Å². The molecule has 0 aromatic rings. The van der Waals surface area contributed by atoms with Crippen molar-refractivity contribution in [1.29, 1.82) is 0 Å². The Morgan fingerprint density at radius 3 is 1.78 bits per heavy atom. The highest BCUT2D eigenvalue weighted by Gasteiger charge is 2.02. The summed E-state index contributed by atoms with van der Waals surface area (Å²) in [6, 6.07) is 1.45. The zero-order valence-corrected chi connectivity index (χ0v) is 9.70. The van der Waals surface area contributed by atoms with Crippen molar-refractivity contribution in [2.75, 3.05) is 27.7 Å². The Kier molecular flexibility index (Phi) is 7.12. The largest absolute Gasteiger partial charge is 1.00 e. The summed E-state index contributed by atoms with van der Waals surface area (Å²) in [4.78, 5) is 0. The van der Waals surface area contributed by atoms with Gasteiger partial charge in [0.25, 0.3) is 0 Å². The van der Waals surface area contributed by atoms with Gasteiger partial charge in [-0.15, -0.1) is 0 Å². The van der Waals surface area contributed by atoms with Crippen LogP contribution < -0.4 is 12.4 Å². The number of hydrogen-bond donors (Lipinski definition) is 0. The summed E-state index contributed by atoms with van der Waals surface area (Å²) in [7, 11) is 8.11. The third-order valence-electron chi connectivity index (χ3n) is 1.18. The van der Waals surface area contributed by atoms with Gasteiger partial charge in [0.05, 0.1) is 27.7 Å². The van der Waals surface area contributed by atoms with Crippen molar-refractivity contribution in [3.63, 3.8) is 0 Å². The van der Waals surface area contributed by atoms with E-state index in [-0.39, 0.29) is 12.4 Å². The lowest BCUT2D eigenvalue weighted by atomic mass is 10.4. The Hall–Kier alpha value is 0.467. The van der Waals surface area contributed by atoms with E-state index in [0.29, 0.717) is 0 Å². The van der Waals surface area contributed by atoms with Crippen LogP contribution in [-0.4, -0.2) is 42.4 Å². The fourth-order valence-corrected chi connectivity index (χ4v) is 0.949. The van der Waals surface area contributed by atoms with Crippen LogP contribution in [0.5, 0.6) is 0 Å². The summed E-state index contributed by atoms with van der Waals surface area (Å²) in [5, 5.41) is 0. The number of rotatable bonds is 3. The molecule has 0 saturated heterocycles. The van der Waals surface area contributed by atoms with Crippen LogP contribution in [0.3, 0.4) is 0 Å². The fraction of sp³-hybridized carbons (Fsp3) is 1.00. The normalized spacial score (nSPS) is 11.0. The van der Waals surface area contributed by atoms with Gasteiger partial charge in [-0.3, -0.25) is 0 Å². The Balaban J connectivity index is 0. The van der Waals surface area contributed by atoms with Gasteiger partial charge in [0, 0.05) is 10.2 Å². The van der Waals surface area contributed by atoms with Crippen LogP contribution in [0.1, 0.15) is 6.42 Å². The van der Waals surface area contributed by atoms with Crippen LogP contribution in [0.15, 0.2) is 0 Å². The Morgan fingerprint density at radius 1 is 1.22 bits per heavy atom. The molecule has 0 spiro atoms. The van der Waals surface area contributed by atoms with Crippen molar-refractivity contribution in [3.8, 4) is 0 Å². The third kappa shape index (κ3) is 11.8. The van der Waals surface area contributed by atoms with E-state index in [9.17, 15) is 0 Å². The molecule has 0 heterocycles. The molecule has 0 saturated carbocycles. The van der Waals surface area contributed by atoms with Crippen LogP contribution in [0.2, 0.25) is 6.04 Å². The number of halogens is 1. The summed E-state index contributed by atoms with van der Waals surface area (Å²) < 4.78 is 1.13. The molecule has 0 unspecified atom stereocenters. The molecule has 0 radical (unpaired) electrons. The van der Waals surface area contributed by atoms with Gasteiger partial charge in [0.15, 0.2) is 0 Å². The maximum absolute atomic E-state index is 2.25. The molecular formula is C6H18ClNSi. The quantitative estimate of drug-likeness (QED) is 0.308. The van der Waals surface area contributed by atoms with Gasteiger partial charge in [0.2, 0.25) is 0 Å². The number of hydrogen-bond acceptors (Lipinski definition) is 0. The molecule has 3 heteroatoms. The molecule has 9 heavy (non-hydrogen) atoms. The van der Waals surface area contributed by atoms with Gasteiger partial charge in [-0.2, -0.15) is 0 Å². The van der Waals surface area contributed by atoms with E-state index in [0.717, 1.165) is 4.48 Å². The highest BCUT2D eigenvalue weighted by molar-refractivity contribution is 6.08. The second kappa shape index (κ2) is 5.27. The minimum absolute atomic E-state index is 0. The van der Waals surface area contributed by atoms with Gasteiger partial charge < -0.3 is 16.9 Å². The molecule has 1 nitrogen and oxygen atoms in total. The molecule has 0 aromatic carbocycles. The summed E-state index contributed by atoms with van der Waals surface area (Å²) in [5.41, 5.74) is 0. The number of nitrogens with zero attached hydrogens (tertiary/aromatic N) is 1. The highest BCUT2D eigenvalue weighted by atomic mass is 35.5. The first kappa shape index (κ1) is 12.2. The zero-order valence-electron chi connectivity index (χ0n) is 6.95. The van der Waals surface area contributed by atoms with Gasteiger partial charge in [0.1, 0.15) is 0 Å². The maximum Gasteiger partial charge on any atom is 0.0777 e. The van der Waals surface area contributed by atoms with E-state index >= 15 is 0 Å². The Bertz CT molecular complexity index is 60.6. The van der Waals surface area contributed by atoms with Crippen molar-refractivity contribution < 1.29 is 16.9 Å². The second-order valence-corrected chi connectivity index (χ2v) is 4.37.